The van der Waals surface area contributed by atoms with Gasteiger partial charge in [-0.3, -0.25) is 0 Å². The number of alkyl halides is 3. The van der Waals surface area contributed by atoms with Crippen molar-refractivity contribution >= 4 is 17.7 Å². The van der Waals surface area contributed by atoms with Crippen molar-refractivity contribution in [2.75, 3.05) is 12.4 Å². The van der Waals surface area contributed by atoms with Crippen LogP contribution in [0.5, 0.6) is 0 Å². The Morgan fingerprint density at radius 2 is 2.16 bits per heavy atom. The van der Waals surface area contributed by atoms with Gasteiger partial charge in [-0.15, -0.1) is 0 Å². The molecule has 0 aliphatic heterocycles. The average molecular weight is 289 g/mol. The number of thioether (sulfide) groups is 1. The minimum Gasteiger partial charge on any atom is -0.468 e. The van der Waals surface area contributed by atoms with Crippen molar-refractivity contribution in [3.05, 3.63) is 35.9 Å². The predicted molar refractivity (Wildman–Crippen MR) is 64.8 cm³/mol. The van der Waals surface area contributed by atoms with Crippen molar-refractivity contribution in [3.63, 3.8) is 0 Å². The lowest BCUT2D eigenvalue weighted by Gasteiger charge is -2.09. The van der Waals surface area contributed by atoms with Gasteiger partial charge in [-0.05, 0) is 12.1 Å². The lowest BCUT2D eigenvalue weighted by molar-refractivity contribution is -0.141. The van der Waals surface area contributed by atoms with Crippen LogP contribution in [0.2, 0.25) is 0 Å². The Labute approximate surface area is 111 Å². The molecule has 4 nitrogen and oxygen atoms in total. The van der Waals surface area contributed by atoms with Gasteiger partial charge in [0.25, 0.3) is 0 Å². The van der Waals surface area contributed by atoms with Crippen LogP contribution in [0.25, 0.3) is 0 Å². The van der Waals surface area contributed by atoms with E-state index in [9.17, 15) is 13.2 Å². The molecule has 2 rings (SSSR count). The van der Waals surface area contributed by atoms with Crippen LogP contribution in [-0.2, 0) is 11.9 Å². The van der Waals surface area contributed by atoms with Crippen molar-refractivity contribution in [1.82, 2.24) is 9.97 Å². The Kier molecular flexibility index (Phi) is 3.98. The topological polar surface area (TPSA) is 51.0 Å². The van der Waals surface area contributed by atoms with E-state index >= 15 is 0 Å². The van der Waals surface area contributed by atoms with Gasteiger partial charge in [0.05, 0.1) is 12.0 Å². The molecule has 1 N–H and O–H groups in total. The minimum absolute atomic E-state index is 0.0585. The maximum absolute atomic E-state index is 12.7. The summed E-state index contributed by atoms with van der Waals surface area (Å²) in [6, 6.07) is 4.39. The molecule has 0 aliphatic carbocycles. The fourth-order valence-corrected chi connectivity index (χ4v) is 2.10. The summed E-state index contributed by atoms with van der Waals surface area (Å²) in [5, 5.41) is 2.75. The van der Waals surface area contributed by atoms with Gasteiger partial charge in [0.15, 0.2) is 5.69 Å². The highest BCUT2D eigenvalue weighted by Gasteiger charge is 2.33. The first-order valence-electron chi connectivity index (χ1n) is 5.28. The van der Waals surface area contributed by atoms with Crippen LogP contribution in [0.1, 0.15) is 11.5 Å². The number of nitrogens with zero attached hydrogens (tertiary/aromatic N) is 2. The van der Waals surface area contributed by atoms with Crippen LogP contribution in [-0.4, -0.2) is 17.0 Å². The van der Waals surface area contributed by atoms with E-state index in [-0.39, 0.29) is 11.0 Å². The highest BCUT2D eigenvalue weighted by molar-refractivity contribution is 7.98. The van der Waals surface area contributed by atoms with Gasteiger partial charge in [-0.2, -0.15) is 13.2 Å². The van der Waals surface area contributed by atoms with Crippen molar-refractivity contribution in [2.24, 2.45) is 0 Å². The van der Waals surface area contributed by atoms with E-state index in [1.54, 1.807) is 12.1 Å². The molecule has 0 fully saturated rings. The summed E-state index contributed by atoms with van der Waals surface area (Å²) in [5.74, 6) is 1.02. The first-order valence-corrected chi connectivity index (χ1v) is 6.27. The molecule has 0 bridgehead atoms. The largest absolute Gasteiger partial charge is 0.468 e. The first kappa shape index (κ1) is 13.7. The molecule has 0 radical (unpaired) electrons. The van der Waals surface area contributed by atoms with Crippen LogP contribution >= 0.6 is 11.8 Å². The van der Waals surface area contributed by atoms with Crippen molar-refractivity contribution in [1.29, 1.82) is 0 Å². The van der Waals surface area contributed by atoms with E-state index in [0.29, 0.717) is 11.5 Å². The van der Waals surface area contributed by atoms with Crippen molar-refractivity contribution in [2.45, 2.75) is 17.0 Å². The normalized spacial score (nSPS) is 11.6. The first-order chi connectivity index (χ1) is 8.99. The van der Waals surface area contributed by atoms with Crippen LogP contribution in [0, 0.1) is 0 Å². The summed E-state index contributed by atoms with van der Waals surface area (Å²) in [5.41, 5.74) is -0.964. The average Bonchev–Trinajstić information content (AvgIpc) is 2.88. The molecule has 2 heterocycles. The number of hydrogen-bond donors (Lipinski definition) is 1. The molecular formula is C11H10F3N3OS. The number of rotatable bonds is 4. The Morgan fingerprint density at radius 1 is 1.37 bits per heavy atom. The number of aromatic nitrogens is 2. The highest BCUT2D eigenvalue weighted by Crippen LogP contribution is 2.31. The second-order valence-corrected chi connectivity index (χ2v) is 4.53. The molecule has 8 heteroatoms. The standard InChI is InChI=1S/C11H10F3N3OS/c1-15-10-16-8(11(12,13)14)5-9(17-10)19-6-7-3-2-4-18-7/h2-5H,6H2,1H3,(H,15,16,17). The van der Waals surface area contributed by atoms with Crippen LogP contribution in [0.4, 0.5) is 19.1 Å². The second-order valence-electron chi connectivity index (χ2n) is 3.53. The fraction of sp³-hybridized carbons (Fsp3) is 0.273. The maximum Gasteiger partial charge on any atom is 0.433 e. The maximum atomic E-state index is 12.7. The van der Waals surface area contributed by atoms with Crippen LogP contribution in [0.15, 0.2) is 33.9 Å². The predicted octanol–water partition coefficient (Wildman–Crippen LogP) is 3.42. The van der Waals surface area contributed by atoms with Gasteiger partial charge >= 0.3 is 6.18 Å². The molecule has 0 amide bonds. The number of anilines is 1. The number of halogens is 3. The SMILES string of the molecule is CNc1nc(SCc2ccco2)cc(C(F)(F)F)n1. The molecule has 0 saturated heterocycles. The van der Waals surface area contributed by atoms with Crippen molar-refractivity contribution < 1.29 is 17.6 Å². The molecule has 2 aromatic rings. The van der Waals surface area contributed by atoms with Crippen molar-refractivity contribution in [3.8, 4) is 0 Å². The monoisotopic (exact) mass is 289 g/mol. The lowest BCUT2D eigenvalue weighted by Crippen LogP contribution is -2.11. The van der Waals surface area contributed by atoms with E-state index in [1.165, 1.54) is 13.3 Å². The molecular weight excluding hydrogens is 279 g/mol. The summed E-state index contributed by atoms with van der Waals surface area (Å²) in [4.78, 5) is 7.35. The Balaban J connectivity index is 2.19. The number of nitrogens with one attached hydrogen (secondary N) is 1. The van der Waals surface area contributed by atoms with Gasteiger partial charge in [-0.25, -0.2) is 9.97 Å². The van der Waals surface area contributed by atoms with Gasteiger partial charge in [0, 0.05) is 13.1 Å². The van der Waals surface area contributed by atoms with Crippen LogP contribution in [0.3, 0.4) is 0 Å². The summed E-state index contributed by atoms with van der Waals surface area (Å²) in [6.45, 7) is 0. The highest BCUT2D eigenvalue weighted by atomic mass is 32.2. The molecule has 0 aromatic carbocycles. The summed E-state index contributed by atoms with van der Waals surface area (Å²) in [7, 11) is 1.47. The van der Waals surface area contributed by atoms with E-state index < -0.39 is 11.9 Å². The van der Waals surface area contributed by atoms with E-state index in [1.807, 2.05) is 0 Å². The third-order valence-electron chi connectivity index (χ3n) is 2.16. The van der Waals surface area contributed by atoms with Gasteiger partial charge in [0.1, 0.15) is 10.8 Å². The third kappa shape index (κ3) is 3.63. The third-order valence-corrected chi connectivity index (χ3v) is 3.09. The zero-order valence-corrected chi connectivity index (χ0v) is 10.7. The van der Waals surface area contributed by atoms with Gasteiger partial charge in [0.2, 0.25) is 5.95 Å². The summed E-state index contributed by atoms with van der Waals surface area (Å²) in [6.07, 6.45) is -2.98. The molecule has 0 spiro atoms. The molecule has 0 unspecified atom stereocenters. The number of hydrogen-bond acceptors (Lipinski definition) is 5. The summed E-state index contributed by atoms with van der Waals surface area (Å²) >= 11 is 1.15. The smallest absolute Gasteiger partial charge is 0.433 e. The Morgan fingerprint density at radius 3 is 2.74 bits per heavy atom. The van der Waals surface area contributed by atoms with E-state index in [2.05, 4.69) is 15.3 Å². The molecule has 0 saturated carbocycles. The lowest BCUT2D eigenvalue weighted by atomic mass is 10.4. The molecule has 0 aliphatic rings. The van der Waals surface area contributed by atoms with Gasteiger partial charge < -0.3 is 9.73 Å². The molecule has 2 aromatic heterocycles. The number of furan rings is 1. The Hall–Kier alpha value is -1.70. The quantitative estimate of drug-likeness (QED) is 0.690. The van der Waals surface area contributed by atoms with Crippen LogP contribution < -0.4 is 5.32 Å². The minimum atomic E-state index is -4.49. The molecule has 0 atom stereocenters. The Bertz CT molecular complexity index is 543. The van der Waals surface area contributed by atoms with Gasteiger partial charge in [-0.1, -0.05) is 11.8 Å². The molecule has 102 valence electrons. The van der Waals surface area contributed by atoms with E-state index in [0.717, 1.165) is 17.8 Å². The molecule has 19 heavy (non-hydrogen) atoms. The fourth-order valence-electron chi connectivity index (χ4n) is 1.30. The second kappa shape index (κ2) is 5.52. The zero-order chi connectivity index (χ0) is 13.9. The zero-order valence-electron chi connectivity index (χ0n) is 9.86. The van der Waals surface area contributed by atoms with E-state index in [4.69, 9.17) is 4.42 Å². The summed E-state index contributed by atoms with van der Waals surface area (Å²) < 4.78 is 43.1.